The van der Waals surface area contributed by atoms with Crippen LogP contribution in [0.1, 0.15) is 17.5 Å². The highest BCUT2D eigenvalue weighted by atomic mass is 16.2. The van der Waals surface area contributed by atoms with Crippen LogP contribution < -0.4 is 4.90 Å². The lowest BCUT2D eigenvalue weighted by molar-refractivity contribution is -0.124. The van der Waals surface area contributed by atoms with Crippen LogP contribution >= 0.6 is 0 Å². The molecule has 1 aromatic carbocycles. The molecule has 0 N–H and O–H groups in total. The first-order chi connectivity index (χ1) is 10.6. The molecule has 2 amide bonds. The summed E-state index contributed by atoms with van der Waals surface area (Å²) < 4.78 is 0. The van der Waals surface area contributed by atoms with Crippen LogP contribution in [0.2, 0.25) is 0 Å². The molecular formula is C19H19NO2. The Labute approximate surface area is 130 Å². The second kappa shape index (κ2) is 3.89. The lowest BCUT2D eigenvalue weighted by atomic mass is 9.63. The number of rotatable bonds is 1. The molecule has 0 spiro atoms. The van der Waals surface area contributed by atoms with Crippen LogP contribution in [0.5, 0.6) is 0 Å². The van der Waals surface area contributed by atoms with Gasteiger partial charge in [-0.1, -0.05) is 29.8 Å². The fourth-order valence-electron chi connectivity index (χ4n) is 5.25. The zero-order valence-electron chi connectivity index (χ0n) is 12.8. The summed E-state index contributed by atoms with van der Waals surface area (Å²) in [6.45, 7) is 4.01. The molecule has 3 nitrogen and oxygen atoms in total. The molecule has 5 aliphatic rings. The Kier molecular flexibility index (Phi) is 2.23. The second-order valence-corrected chi connectivity index (χ2v) is 7.46. The van der Waals surface area contributed by atoms with E-state index in [9.17, 15) is 9.59 Å². The normalized spacial score (nSPS) is 40.9. The summed E-state index contributed by atoms with van der Waals surface area (Å²) in [5.41, 5.74) is 2.94. The highest BCUT2D eigenvalue weighted by Crippen LogP contribution is 2.65. The van der Waals surface area contributed by atoms with E-state index in [0.717, 1.165) is 16.8 Å². The Balaban J connectivity index is 1.60. The minimum Gasteiger partial charge on any atom is -0.274 e. The summed E-state index contributed by atoms with van der Waals surface area (Å²) in [6, 6.07) is 5.95. The van der Waals surface area contributed by atoms with Crippen LogP contribution in [0, 0.1) is 49.4 Å². The van der Waals surface area contributed by atoms with Gasteiger partial charge in [0, 0.05) is 0 Å². The maximum absolute atomic E-state index is 13.0. The van der Waals surface area contributed by atoms with E-state index in [1.165, 1.54) is 11.3 Å². The van der Waals surface area contributed by atoms with E-state index in [4.69, 9.17) is 0 Å². The molecule has 0 aromatic heterocycles. The molecule has 0 unspecified atom stereocenters. The van der Waals surface area contributed by atoms with Gasteiger partial charge in [-0.05, 0) is 55.6 Å². The highest BCUT2D eigenvalue weighted by Gasteiger charge is 2.67. The summed E-state index contributed by atoms with van der Waals surface area (Å²) in [7, 11) is 0. The number of carbonyl (C=O) groups excluding carboxylic acids is 2. The van der Waals surface area contributed by atoms with Crippen molar-refractivity contribution in [1.29, 1.82) is 0 Å². The Morgan fingerprint density at radius 1 is 0.955 bits per heavy atom. The fourth-order valence-corrected chi connectivity index (χ4v) is 5.25. The summed E-state index contributed by atoms with van der Waals surface area (Å²) in [5.74, 6) is 1.77. The molecule has 4 aliphatic carbocycles. The van der Waals surface area contributed by atoms with E-state index in [1.54, 1.807) is 0 Å². The first-order valence-electron chi connectivity index (χ1n) is 8.21. The van der Waals surface area contributed by atoms with Gasteiger partial charge in [0.05, 0.1) is 17.5 Å². The first-order valence-corrected chi connectivity index (χ1v) is 8.21. The third-order valence-electron chi connectivity index (χ3n) is 6.26. The summed E-state index contributed by atoms with van der Waals surface area (Å²) in [5, 5.41) is 0. The molecule has 112 valence electrons. The van der Waals surface area contributed by atoms with Crippen LogP contribution in [-0.2, 0) is 9.59 Å². The van der Waals surface area contributed by atoms with Gasteiger partial charge in [-0.2, -0.15) is 0 Å². The van der Waals surface area contributed by atoms with E-state index in [0.29, 0.717) is 23.7 Å². The first kappa shape index (κ1) is 12.6. The van der Waals surface area contributed by atoms with E-state index in [2.05, 4.69) is 12.2 Å². The molecule has 1 saturated heterocycles. The minimum absolute atomic E-state index is 0.0339. The van der Waals surface area contributed by atoms with Gasteiger partial charge in [0.1, 0.15) is 0 Å². The van der Waals surface area contributed by atoms with Gasteiger partial charge < -0.3 is 0 Å². The van der Waals surface area contributed by atoms with Crippen molar-refractivity contribution in [2.45, 2.75) is 20.3 Å². The lowest BCUT2D eigenvalue weighted by Gasteiger charge is -2.37. The van der Waals surface area contributed by atoms with Crippen molar-refractivity contribution in [3.05, 3.63) is 41.5 Å². The van der Waals surface area contributed by atoms with Gasteiger partial charge in [-0.25, -0.2) is 4.90 Å². The summed E-state index contributed by atoms with van der Waals surface area (Å²) >= 11 is 0. The predicted molar refractivity (Wildman–Crippen MR) is 83.1 cm³/mol. The number of anilines is 1. The van der Waals surface area contributed by atoms with Gasteiger partial charge in [-0.3, -0.25) is 9.59 Å². The molecule has 3 fully saturated rings. The van der Waals surface area contributed by atoms with Crippen molar-refractivity contribution < 1.29 is 9.59 Å². The molecular weight excluding hydrogens is 274 g/mol. The number of amides is 2. The Bertz CT molecular complexity index is 714. The average Bonchev–Trinajstić information content (AvgIpc) is 3.26. The van der Waals surface area contributed by atoms with E-state index >= 15 is 0 Å². The number of benzene rings is 1. The van der Waals surface area contributed by atoms with Crippen LogP contribution in [0.15, 0.2) is 30.4 Å². The molecule has 2 bridgehead atoms. The average molecular weight is 293 g/mol. The topological polar surface area (TPSA) is 37.4 Å². The maximum atomic E-state index is 13.0. The quantitative estimate of drug-likeness (QED) is 0.590. The second-order valence-electron chi connectivity index (χ2n) is 7.46. The number of imide groups is 1. The van der Waals surface area contributed by atoms with Crippen LogP contribution in [-0.4, -0.2) is 11.8 Å². The molecule has 3 heteroatoms. The van der Waals surface area contributed by atoms with E-state index < -0.39 is 0 Å². The zero-order valence-corrected chi connectivity index (χ0v) is 12.8. The summed E-state index contributed by atoms with van der Waals surface area (Å²) in [6.07, 6.45) is 5.65. The number of hydrogen-bond donors (Lipinski definition) is 0. The molecule has 1 aliphatic heterocycles. The Hall–Kier alpha value is -1.90. The SMILES string of the molecule is Cc1ccc(N2C(=O)[C@@H]3[C@@H]4C=C[C@H]([C@@H]5C[C@H]45)[C@@H]3C2=O)c(C)c1. The minimum atomic E-state index is -0.105. The van der Waals surface area contributed by atoms with Crippen molar-refractivity contribution in [2.24, 2.45) is 35.5 Å². The van der Waals surface area contributed by atoms with Crippen LogP contribution in [0.3, 0.4) is 0 Å². The summed E-state index contributed by atoms with van der Waals surface area (Å²) in [4.78, 5) is 27.5. The standard InChI is InChI=1S/C19H19NO2/c1-9-3-6-15(10(2)7-9)20-18(21)16-11-4-5-12(14-8-13(11)14)17(16)19(20)22/h3-7,11-14,16-17H,8H2,1-2H3/t11-,12-,13-,14+,16-,17+/m1/s1. The molecule has 2 saturated carbocycles. The number of allylic oxidation sites excluding steroid dienone is 2. The van der Waals surface area contributed by atoms with Crippen molar-refractivity contribution in [2.75, 3.05) is 4.90 Å². The smallest absolute Gasteiger partial charge is 0.238 e. The van der Waals surface area contributed by atoms with Gasteiger partial charge in [0.25, 0.3) is 0 Å². The van der Waals surface area contributed by atoms with Crippen molar-refractivity contribution in [1.82, 2.24) is 0 Å². The van der Waals surface area contributed by atoms with Crippen molar-refractivity contribution >= 4 is 17.5 Å². The molecule has 1 heterocycles. The molecule has 6 rings (SSSR count). The number of hydrogen-bond acceptors (Lipinski definition) is 2. The number of nitrogens with zero attached hydrogens (tertiary/aromatic N) is 1. The van der Waals surface area contributed by atoms with Gasteiger partial charge >= 0.3 is 0 Å². The molecule has 22 heavy (non-hydrogen) atoms. The molecule has 6 atom stereocenters. The number of carbonyl (C=O) groups is 2. The van der Waals surface area contributed by atoms with Crippen molar-refractivity contribution in [3.63, 3.8) is 0 Å². The van der Waals surface area contributed by atoms with Crippen molar-refractivity contribution in [3.8, 4) is 0 Å². The lowest BCUT2D eigenvalue weighted by Crippen LogP contribution is -2.40. The molecule has 0 radical (unpaired) electrons. The largest absolute Gasteiger partial charge is 0.274 e. The van der Waals surface area contributed by atoms with Gasteiger partial charge in [0.15, 0.2) is 0 Å². The third-order valence-corrected chi connectivity index (χ3v) is 6.26. The molecule has 1 aromatic rings. The van der Waals surface area contributed by atoms with Gasteiger partial charge in [-0.15, -0.1) is 0 Å². The predicted octanol–water partition coefficient (Wildman–Crippen LogP) is 2.86. The van der Waals surface area contributed by atoms with E-state index in [1.807, 2.05) is 32.0 Å². The van der Waals surface area contributed by atoms with Crippen LogP contribution in [0.4, 0.5) is 5.69 Å². The third kappa shape index (κ3) is 1.37. The van der Waals surface area contributed by atoms with Crippen LogP contribution in [0.25, 0.3) is 0 Å². The van der Waals surface area contributed by atoms with E-state index in [-0.39, 0.29) is 23.7 Å². The maximum Gasteiger partial charge on any atom is 0.238 e. The highest BCUT2D eigenvalue weighted by molar-refractivity contribution is 6.23. The Morgan fingerprint density at radius 2 is 1.55 bits per heavy atom. The monoisotopic (exact) mass is 293 g/mol. The zero-order chi connectivity index (χ0) is 15.2. The van der Waals surface area contributed by atoms with Gasteiger partial charge in [0.2, 0.25) is 11.8 Å². The fraction of sp³-hybridized carbons (Fsp3) is 0.474. The number of aryl methyl sites for hydroxylation is 2. The Morgan fingerprint density at radius 3 is 2.09 bits per heavy atom.